The zero-order valence-electron chi connectivity index (χ0n) is 20.1. The smallest absolute Gasteiger partial charge is 0.266 e. The van der Waals surface area contributed by atoms with E-state index in [0.717, 1.165) is 0 Å². The Hall–Kier alpha value is -5.30. The fourth-order valence-electron chi connectivity index (χ4n) is 4.10. The monoisotopic (exact) mass is 490 g/mol. The van der Waals surface area contributed by atoms with E-state index >= 15 is 0 Å². The first-order valence-corrected chi connectivity index (χ1v) is 11.4. The highest BCUT2D eigenvalue weighted by Gasteiger charge is 2.21. The van der Waals surface area contributed by atoms with Crippen LogP contribution in [-0.4, -0.2) is 31.6 Å². The first-order chi connectivity index (χ1) is 18.0. The molecule has 2 aromatic carbocycles. The fraction of sp³-hybridized carbons (Fsp3) is 0.111. The molecule has 0 fully saturated rings. The number of nitrogen functional groups attached to an aromatic ring is 1. The zero-order valence-corrected chi connectivity index (χ0v) is 20.1. The van der Waals surface area contributed by atoms with E-state index in [0.29, 0.717) is 39.4 Å². The number of ether oxygens (including phenoxy) is 1. The van der Waals surface area contributed by atoms with Crippen molar-refractivity contribution in [1.82, 2.24) is 24.5 Å². The van der Waals surface area contributed by atoms with Gasteiger partial charge in [-0.2, -0.15) is 10.2 Å². The van der Waals surface area contributed by atoms with Gasteiger partial charge in [-0.15, -0.1) is 0 Å². The molecule has 0 saturated carbocycles. The van der Waals surface area contributed by atoms with Gasteiger partial charge in [-0.1, -0.05) is 30.3 Å². The van der Waals surface area contributed by atoms with Crippen LogP contribution in [0, 0.1) is 11.3 Å². The van der Waals surface area contributed by atoms with E-state index in [1.165, 1.54) is 6.20 Å². The van der Waals surface area contributed by atoms with Gasteiger partial charge in [-0.25, -0.2) is 9.97 Å². The van der Waals surface area contributed by atoms with Crippen molar-refractivity contribution in [3.63, 3.8) is 0 Å². The molecule has 10 heteroatoms. The van der Waals surface area contributed by atoms with Gasteiger partial charge < -0.3 is 15.8 Å². The van der Waals surface area contributed by atoms with Gasteiger partial charge in [-0.3, -0.25) is 14.3 Å². The van der Waals surface area contributed by atoms with Crippen LogP contribution in [0.2, 0.25) is 0 Å². The highest BCUT2D eigenvalue weighted by atomic mass is 16.5. The van der Waals surface area contributed by atoms with E-state index in [1.54, 1.807) is 36.1 Å². The van der Waals surface area contributed by atoms with Crippen molar-refractivity contribution in [2.75, 3.05) is 18.2 Å². The first-order valence-electron chi connectivity index (χ1n) is 11.4. The quantitative estimate of drug-likeness (QED) is 0.362. The predicted octanol–water partition coefficient (Wildman–Crippen LogP) is 3.87. The molecule has 37 heavy (non-hydrogen) atoms. The Balaban J connectivity index is 1.73. The second-order valence-corrected chi connectivity index (χ2v) is 8.20. The standard InChI is InChI=1S/C27H22N8O2/c1-16(32-24-17(13-28)14-31-27(29)34-24)25-33-22-10-6-9-20(21-12-11-19(37-2)15-30-21)23(22)26(36)35(25)18-7-4-3-5-8-18/h3-12,14-16H,1-2H3,(H3,29,31,32,34). The van der Waals surface area contributed by atoms with Crippen molar-refractivity contribution in [3.8, 4) is 28.8 Å². The SMILES string of the molecule is COc1ccc(-c2cccc3nc(C(C)Nc4nc(N)ncc4C#N)n(-c4ccccc4)c(=O)c23)nc1. The largest absolute Gasteiger partial charge is 0.495 e. The third kappa shape index (κ3) is 4.41. The average Bonchev–Trinajstić information content (AvgIpc) is 2.93. The van der Waals surface area contributed by atoms with Crippen LogP contribution in [-0.2, 0) is 0 Å². The molecule has 0 aliphatic heterocycles. The molecular weight excluding hydrogens is 468 g/mol. The molecule has 0 saturated heterocycles. The maximum absolute atomic E-state index is 14.1. The number of nitrogens with one attached hydrogen (secondary N) is 1. The van der Waals surface area contributed by atoms with Crippen LogP contribution in [0.1, 0.15) is 24.4 Å². The predicted molar refractivity (Wildman–Crippen MR) is 140 cm³/mol. The number of anilines is 2. The molecule has 10 nitrogen and oxygen atoms in total. The summed E-state index contributed by atoms with van der Waals surface area (Å²) >= 11 is 0. The molecule has 182 valence electrons. The lowest BCUT2D eigenvalue weighted by Crippen LogP contribution is -2.28. The summed E-state index contributed by atoms with van der Waals surface area (Å²) in [7, 11) is 1.57. The van der Waals surface area contributed by atoms with Crippen molar-refractivity contribution in [2.24, 2.45) is 0 Å². The fourth-order valence-corrected chi connectivity index (χ4v) is 4.10. The Kier molecular flexibility index (Phi) is 6.18. The number of hydrogen-bond donors (Lipinski definition) is 2. The molecule has 1 atom stereocenters. The minimum Gasteiger partial charge on any atom is -0.495 e. The summed E-state index contributed by atoms with van der Waals surface area (Å²) < 4.78 is 6.78. The molecule has 0 bridgehead atoms. The third-order valence-electron chi connectivity index (χ3n) is 5.85. The normalized spacial score (nSPS) is 11.6. The number of benzene rings is 2. The van der Waals surface area contributed by atoms with Crippen LogP contribution < -0.4 is 21.3 Å². The molecule has 3 aromatic heterocycles. The number of hydrogen-bond acceptors (Lipinski definition) is 9. The van der Waals surface area contributed by atoms with Crippen molar-refractivity contribution < 1.29 is 4.74 Å². The van der Waals surface area contributed by atoms with Crippen molar-refractivity contribution >= 4 is 22.7 Å². The lowest BCUT2D eigenvalue weighted by molar-refractivity contribution is 0.413. The van der Waals surface area contributed by atoms with Crippen LogP contribution in [0.5, 0.6) is 5.75 Å². The van der Waals surface area contributed by atoms with E-state index in [4.69, 9.17) is 15.5 Å². The van der Waals surface area contributed by atoms with Crippen LogP contribution in [0.15, 0.2) is 77.9 Å². The summed E-state index contributed by atoms with van der Waals surface area (Å²) in [6, 6.07) is 19.9. The summed E-state index contributed by atoms with van der Waals surface area (Å²) in [6.45, 7) is 1.83. The van der Waals surface area contributed by atoms with Gasteiger partial charge >= 0.3 is 0 Å². The van der Waals surface area contributed by atoms with Gasteiger partial charge in [0.05, 0.1) is 47.8 Å². The summed E-state index contributed by atoms with van der Waals surface area (Å²) in [5.41, 5.74) is 8.16. The summed E-state index contributed by atoms with van der Waals surface area (Å²) in [4.78, 5) is 31.6. The van der Waals surface area contributed by atoms with Crippen LogP contribution >= 0.6 is 0 Å². The van der Waals surface area contributed by atoms with E-state index in [1.807, 2.05) is 49.4 Å². The Bertz CT molecular complexity index is 1690. The molecule has 0 spiro atoms. The molecule has 3 heterocycles. The maximum Gasteiger partial charge on any atom is 0.266 e. The molecular formula is C27H22N8O2. The summed E-state index contributed by atoms with van der Waals surface area (Å²) in [5.74, 6) is 1.34. The molecule has 0 amide bonds. The number of rotatable bonds is 6. The Morgan fingerprint density at radius 1 is 1.03 bits per heavy atom. The zero-order chi connectivity index (χ0) is 25.9. The minimum absolute atomic E-state index is 0.0252. The topological polar surface area (TPSA) is 145 Å². The van der Waals surface area contributed by atoms with Crippen molar-refractivity contribution in [1.29, 1.82) is 5.26 Å². The number of para-hydroxylation sites is 1. The molecule has 3 N–H and O–H groups in total. The number of nitrogens with zero attached hydrogens (tertiary/aromatic N) is 6. The first kappa shape index (κ1) is 23.4. The lowest BCUT2D eigenvalue weighted by Gasteiger charge is -2.21. The van der Waals surface area contributed by atoms with Gasteiger partial charge in [0.1, 0.15) is 29.0 Å². The number of nitriles is 1. The second kappa shape index (κ2) is 9.75. The van der Waals surface area contributed by atoms with Crippen molar-refractivity contribution in [3.05, 3.63) is 94.8 Å². The van der Waals surface area contributed by atoms with Crippen molar-refractivity contribution in [2.45, 2.75) is 13.0 Å². The maximum atomic E-state index is 14.1. The van der Waals surface area contributed by atoms with E-state index < -0.39 is 6.04 Å². The summed E-state index contributed by atoms with van der Waals surface area (Å²) in [6.07, 6.45) is 2.96. The number of nitrogens with two attached hydrogens (primary N) is 1. The van der Waals surface area contributed by atoms with Gasteiger partial charge in [-0.05, 0) is 37.3 Å². The molecule has 5 rings (SSSR count). The van der Waals surface area contributed by atoms with Gasteiger partial charge in [0, 0.05) is 5.56 Å². The highest BCUT2D eigenvalue weighted by molar-refractivity contribution is 5.93. The highest BCUT2D eigenvalue weighted by Crippen LogP contribution is 2.28. The van der Waals surface area contributed by atoms with E-state index in [2.05, 4.69) is 26.3 Å². The Labute approximate surface area is 212 Å². The number of pyridine rings is 1. The van der Waals surface area contributed by atoms with E-state index in [-0.39, 0.29) is 22.9 Å². The Morgan fingerprint density at radius 2 is 1.84 bits per heavy atom. The van der Waals surface area contributed by atoms with Gasteiger partial charge in [0.15, 0.2) is 0 Å². The van der Waals surface area contributed by atoms with Crippen LogP contribution in [0.25, 0.3) is 27.8 Å². The second-order valence-electron chi connectivity index (χ2n) is 8.20. The Morgan fingerprint density at radius 3 is 2.54 bits per heavy atom. The lowest BCUT2D eigenvalue weighted by atomic mass is 10.0. The van der Waals surface area contributed by atoms with Crippen LogP contribution in [0.4, 0.5) is 11.8 Å². The third-order valence-corrected chi connectivity index (χ3v) is 5.85. The molecule has 1 unspecified atom stereocenters. The molecule has 5 aromatic rings. The van der Waals surface area contributed by atoms with E-state index in [9.17, 15) is 10.1 Å². The molecule has 0 aliphatic carbocycles. The number of methoxy groups -OCH3 is 1. The van der Waals surface area contributed by atoms with Gasteiger partial charge in [0.25, 0.3) is 5.56 Å². The van der Waals surface area contributed by atoms with Crippen LogP contribution in [0.3, 0.4) is 0 Å². The average molecular weight is 491 g/mol. The molecule has 0 aliphatic rings. The number of fused-ring (bicyclic) bond motifs is 1. The van der Waals surface area contributed by atoms with Gasteiger partial charge in [0.2, 0.25) is 5.95 Å². The number of aromatic nitrogens is 5. The minimum atomic E-state index is -0.526. The molecule has 0 radical (unpaired) electrons. The summed E-state index contributed by atoms with van der Waals surface area (Å²) in [5, 5.41) is 13.1.